The Morgan fingerprint density at radius 2 is 2.10 bits per heavy atom. The molecule has 2 rings (SSSR count). The summed E-state index contributed by atoms with van der Waals surface area (Å²) in [6.45, 7) is 4.99. The van der Waals surface area contributed by atoms with E-state index in [0.717, 1.165) is 34.9 Å². The normalized spacial score (nSPS) is 12.2. The van der Waals surface area contributed by atoms with Crippen LogP contribution >= 0.6 is 15.9 Å². The van der Waals surface area contributed by atoms with E-state index in [0.29, 0.717) is 0 Å². The Labute approximate surface area is 126 Å². The van der Waals surface area contributed by atoms with Crippen molar-refractivity contribution in [2.75, 3.05) is 17.2 Å². The molecule has 8 heteroatoms. The minimum absolute atomic E-state index is 0.00674. The first-order valence-corrected chi connectivity index (χ1v) is 7.27. The zero-order chi connectivity index (χ0) is 14.5. The van der Waals surface area contributed by atoms with Crippen molar-refractivity contribution in [3.8, 4) is 0 Å². The predicted octanol–water partition coefficient (Wildman–Crippen LogP) is 2.36. The molecule has 2 N–H and O–H groups in total. The lowest BCUT2D eigenvalue weighted by Gasteiger charge is -2.16. The molecule has 2 aromatic heterocycles. The molecule has 20 heavy (non-hydrogen) atoms. The third kappa shape index (κ3) is 3.24. The lowest BCUT2D eigenvalue weighted by molar-refractivity contribution is 0.715. The number of rotatable bonds is 6. The summed E-state index contributed by atoms with van der Waals surface area (Å²) in [6.07, 6.45) is 4.25. The first-order chi connectivity index (χ1) is 9.63. The van der Waals surface area contributed by atoms with Crippen molar-refractivity contribution in [1.29, 1.82) is 0 Å². The zero-order valence-corrected chi connectivity index (χ0v) is 13.3. The monoisotopic (exact) mass is 339 g/mol. The molecule has 0 aromatic carbocycles. The lowest BCUT2D eigenvalue weighted by Crippen LogP contribution is -2.14. The number of nitrogens with zero attached hydrogens (tertiary/aromatic N) is 5. The average molecular weight is 340 g/mol. The summed E-state index contributed by atoms with van der Waals surface area (Å²) in [5.74, 6) is 2.36. The van der Waals surface area contributed by atoms with Crippen LogP contribution in [-0.4, -0.2) is 31.3 Å². The van der Waals surface area contributed by atoms with Gasteiger partial charge in [-0.2, -0.15) is 0 Å². The number of halogens is 1. The molecule has 0 amide bonds. The van der Waals surface area contributed by atoms with E-state index in [9.17, 15) is 0 Å². The van der Waals surface area contributed by atoms with Gasteiger partial charge in [-0.05, 0) is 29.3 Å². The maximum atomic E-state index is 4.26. The smallest absolute Gasteiger partial charge is 0.154 e. The van der Waals surface area contributed by atoms with Crippen molar-refractivity contribution in [1.82, 2.24) is 24.7 Å². The Balaban J connectivity index is 2.15. The molecule has 0 aliphatic heterocycles. The van der Waals surface area contributed by atoms with Gasteiger partial charge in [0.05, 0.1) is 6.04 Å². The van der Waals surface area contributed by atoms with E-state index in [4.69, 9.17) is 0 Å². The Morgan fingerprint density at radius 3 is 2.75 bits per heavy atom. The third-order valence-electron chi connectivity index (χ3n) is 2.82. The van der Waals surface area contributed by atoms with E-state index in [1.165, 1.54) is 6.33 Å². The summed E-state index contributed by atoms with van der Waals surface area (Å²) in [5.41, 5.74) is 0. The fourth-order valence-electron chi connectivity index (χ4n) is 1.79. The van der Waals surface area contributed by atoms with E-state index in [-0.39, 0.29) is 6.04 Å². The molecular formula is C12H18BrN7. The van der Waals surface area contributed by atoms with Crippen LogP contribution in [0.1, 0.15) is 32.1 Å². The van der Waals surface area contributed by atoms with Crippen LogP contribution in [0.25, 0.3) is 0 Å². The van der Waals surface area contributed by atoms with Crippen molar-refractivity contribution in [3.63, 3.8) is 0 Å². The third-order valence-corrected chi connectivity index (χ3v) is 3.57. The van der Waals surface area contributed by atoms with Crippen LogP contribution in [0.5, 0.6) is 0 Å². The van der Waals surface area contributed by atoms with E-state index in [1.807, 2.05) is 18.5 Å². The second-order valence-electron chi connectivity index (χ2n) is 4.48. The fraction of sp³-hybridized carbons (Fsp3) is 0.500. The van der Waals surface area contributed by atoms with Crippen LogP contribution in [-0.2, 0) is 7.05 Å². The summed E-state index contributed by atoms with van der Waals surface area (Å²) in [6, 6.07) is -0.00674. The molecule has 2 aromatic rings. The number of aryl methyl sites for hydroxylation is 1. The van der Waals surface area contributed by atoms with E-state index in [2.05, 4.69) is 53.7 Å². The van der Waals surface area contributed by atoms with Crippen LogP contribution < -0.4 is 10.6 Å². The van der Waals surface area contributed by atoms with Crippen molar-refractivity contribution in [2.24, 2.45) is 7.05 Å². The van der Waals surface area contributed by atoms with Crippen molar-refractivity contribution < 1.29 is 0 Å². The van der Waals surface area contributed by atoms with E-state index < -0.39 is 0 Å². The van der Waals surface area contributed by atoms with Gasteiger partial charge in [-0.25, -0.2) is 9.97 Å². The summed E-state index contributed by atoms with van der Waals surface area (Å²) < 4.78 is 2.70. The standard InChI is InChI=1S/C12H18BrN7/c1-4-5-14-10-9(13)11(16-6-15-10)18-8(2)12-19-17-7-20(12)3/h6-8H,4-5H2,1-3H3,(H2,14,15,16,18). The van der Waals surface area contributed by atoms with E-state index >= 15 is 0 Å². The molecule has 1 unspecified atom stereocenters. The summed E-state index contributed by atoms with van der Waals surface area (Å²) in [7, 11) is 1.91. The van der Waals surface area contributed by atoms with Gasteiger partial charge >= 0.3 is 0 Å². The molecule has 2 heterocycles. The molecule has 0 fully saturated rings. The minimum atomic E-state index is -0.00674. The molecule has 0 aliphatic carbocycles. The molecule has 108 valence electrons. The summed E-state index contributed by atoms with van der Waals surface area (Å²) in [5, 5.41) is 14.5. The number of nitrogens with one attached hydrogen (secondary N) is 2. The van der Waals surface area contributed by atoms with Gasteiger partial charge in [0, 0.05) is 13.6 Å². The number of hydrogen-bond acceptors (Lipinski definition) is 6. The largest absolute Gasteiger partial charge is 0.369 e. The molecule has 7 nitrogen and oxygen atoms in total. The Kier molecular flexibility index (Phi) is 4.89. The van der Waals surface area contributed by atoms with Gasteiger partial charge in [0.25, 0.3) is 0 Å². The highest BCUT2D eigenvalue weighted by Crippen LogP contribution is 2.28. The highest BCUT2D eigenvalue weighted by molar-refractivity contribution is 9.10. The average Bonchev–Trinajstić information content (AvgIpc) is 2.86. The number of hydrogen-bond donors (Lipinski definition) is 2. The van der Waals surface area contributed by atoms with Crippen LogP contribution in [0.15, 0.2) is 17.1 Å². The molecule has 0 saturated carbocycles. The van der Waals surface area contributed by atoms with Gasteiger partial charge in [-0.15, -0.1) is 10.2 Å². The van der Waals surface area contributed by atoms with Crippen molar-refractivity contribution in [2.45, 2.75) is 26.3 Å². The first kappa shape index (κ1) is 14.7. The Bertz CT molecular complexity index is 569. The van der Waals surface area contributed by atoms with Crippen LogP contribution in [0.4, 0.5) is 11.6 Å². The van der Waals surface area contributed by atoms with Crippen molar-refractivity contribution >= 4 is 27.6 Å². The second-order valence-corrected chi connectivity index (χ2v) is 5.27. The molecule has 0 aliphatic rings. The minimum Gasteiger partial charge on any atom is -0.369 e. The molecule has 0 radical (unpaired) electrons. The van der Waals surface area contributed by atoms with Crippen LogP contribution in [0, 0.1) is 0 Å². The maximum absolute atomic E-state index is 4.26. The second kappa shape index (κ2) is 6.65. The van der Waals surface area contributed by atoms with Gasteiger partial charge in [-0.1, -0.05) is 6.92 Å². The van der Waals surface area contributed by atoms with Gasteiger partial charge < -0.3 is 15.2 Å². The van der Waals surface area contributed by atoms with Gasteiger partial charge in [0.15, 0.2) is 5.82 Å². The summed E-state index contributed by atoms with van der Waals surface area (Å²) in [4.78, 5) is 8.48. The number of aromatic nitrogens is 5. The molecular weight excluding hydrogens is 322 g/mol. The van der Waals surface area contributed by atoms with Gasteiger partial charge in [0.2, 0.25) is 0 Å². The van der Waals surface area contributed by atoms with Crippen molar-refractivity contribution in [3.05, 3.63) is 23.0 Å². The van der Waals surface area contributed by atoms with Crippen LogP contribution in [0.3, 0.4) is 0 Å². The van der Waals surface area contributed by atoms with Gasteiger partial charge in [0.1, 0.15) is 28.8 Å². The first-order valence-electron chi connectivity index (χ1n) is 6.48. The number of anilines is 2. The topological polar surface area (TPSA) is 80.6 Å². The van der Waals surface area contributed by atoms with Crippen LogP contribution in [0.2, 0.25) is 0 Å². The molecule has 0 bridgehead atoms. The predicted molar refractivity (Wildman–Crippen MR) is 81.6 cm³/mol. The SMILES string of the molecule is CCCNc1ncnc(NC(C)c2nncn2C)c1Br. The summed E-state index contributed by atoms with van der Waals surface area (Å²) >= 11 is 3.53. The Hall–Kier alpha value is -1.70. The highest BCUT2D eigenvalue weighted by atomic mass is 79.9. The lowest BCUT2D eigenvalue weighted by atomic mass is 10.3. The quantitative estimate of drug-likeness (QED) is 0.840. The van der Waals surface area contributed by atoms with E-state index in [1.54, 1.807) is 6.33 Å². The fourth-order valence-corrected chi connectivity index (χ4v) is 2.25. The Morgan fingerprint density at radius 1 is 1.35 bits per heavy atom. The molecule has 1 atom stereocenters. The highest BCUT2D eigenvalue weighted by Gasteiger charge is 2.15. The van der Waals surface area contributed by atoms with Gasteiger partial charge in [-0.3, -0.25) is 0 Å². The zero-order valence-electron chi connectivity index (χ0n) is 11.8. The molecule has 0 spiro atoms. The maximum Gasteiger partial charge on any atom is 0.154 e. The molecule has 0 saturated heterocycles.